The lowest BCUT2D eigenvalue weighted by atomic mass is 9.98. The highest BCUT2D eigenvalue weighted by Gasteiger charge is 2.35. The third kappa shape index (κ3) is 14.0. The van der Waals surface area contributed by atoms with Gasteiger partial charge in [0, 0.05) is 41.8 Å². The summed E-state index contributed by atoms with van der Waals surface area (Å²) in [5, 5.41) is 32.1. The van der Waals surface area contributed by atoms with E-state index in [4.69, 9.17) is 17.2 Å². The molecule has 21 heteroatoms. The van der Waals surface area contributed by atoms with Crippen molar-refractivity contribution in [2.45, 2.75) is 101 Å². The van der Waals surface area contributed by atoms with E-state index in [1.54, 1.807) is 38.2 Å². The molecule has 0 aliphatic heterocycles. The predicted octanol–water partition coefficient (Wildman–Crippen LogP) is -1.96. The minimum Gasteiger partial charge on any atom is -0.481 e. The summed E-state index contributed by atoms with van der Waals surface area (Å²) in [6.45, 7) is 3.59. The molecule has 7 atom stereocenters. The largest absolute Gasteiger partial charge is 0.481 e. The van der Waals surface area contributed by atoms with Gasteiger partial charge in [0.05, 0.1) is 25.2 Å². The molecule has 3 rings (SSSR count). The molecule has 0 aliphatic carbocycles. The minimum atomic E-state index is -1.63. The van der Waals surface area contributed by atoms with Crippen LogP contribution in [0.2, 0.25) is 0 Å². The normalized spacial score (nSPS) is 14.8. The number of H-pyrrole nitrogens is 2. The zero-order valence-electron chi connectivity index (χ0n) is 32.3. The molecule has 0 saturated heterocycles. The standard InChI is InChI=1S/C37H53N11O10/c1-3-19(2)31(37(57)58)48-36(56)28(15-29(40)49)47-35(55)27(13-21-17-41-18-43-21)46-33(53)25(10-6-7-11-38)44-34(54)26(45-32(52)23(39)14-30(50)51)12-20-16-42-24-9-5-4-8-22(20)24/h4-5,8-9,16-19,23,25-28,31,42H,3,6-7,10-15,38-39H2,1-2H3,(H2,40,49)(H,41,43)(H,44,54)(H,45,52)(H,46,53)(H,47,55)(H,48,56)(H,50,51)(H,57,58). The molecule has 21 nitrogen and oxygen atoms in total. The van der Waals surface area contributed by atoms with E-state index in [0.717, 1.165) is 10.9 Å². The number of aliphatic carboxylic acids is 2. The fourth-order valence-corrected chi connectivity index (χ4v) is 6.04. The maximum atomic E-state index is 14.0. The fourth-order valence-electron chi connectivity index (χ4n) is 6.04. The number of unbranched alkanes of at least 4 members (excludes halogenated alkanes) is 1. The molecular weight excluding hydrogens is 758 g/mol. The van der Waals surface area contributed by atoms with Crippen LogP contribution in [-0.4, -0.2) is 115 Å². The van der Waals surface area contributed by atoms with Gasteiger partial charge < -0.3 is 64.0 Å². The predicted molar refractivity (Wildman–Crippen MR) is 208 cm³/mol. The van der Waals surface area contributed by atoms with Crippen molar-refractivity contribution in [1.29, 1.82) is 0 Å². The zero-order chi connectivity index (χ0) is 42.9. The number of nitrogens with zero attached hydrogens (tertiary/aromatic N) is 1. The molecule has 15 N–H and O–H groups in total. The summed E-state index contributed by atoms with van der Waals surface area (Å²) < 4.78 is 0. The second-order valence-corrected chi connectivity index (χ2v) is 14.0. The number of carbonyl (C=O) groups excluding carboxylic acids is 6. The first-order valence-electron chi connectivity index (χ1n) is 18.8. The summed E-state index contributed by atoms with van der Waals surface area (Å²) in [7, 11) is 0. The average molecular weight is 812 g/mol. The zero-order valence-corrected chi connectivity index (χ0v) is 32.3. The van der Waals surface area contributed by atoms with Crippen molar-refractivity contribution < 1.29 is 48.6 Å². The second kappa shape index (κ2) is 22.4. The first kappa shape index (κ1) is 46.0. The Balaban J connectivity index is 1.91. The molecule has 3 aromatic rings. The number of carboxylic acids is 2. The number of rotatable bonds is 25. The van der Waals surface area contributed by atoms with Crippen LogP contribution >= 0.6 is 0 Å². The quantitative estimate of drug-likeness (QED) is 0.0414. The number of aromatic amines is 2. The van der Waals surface area contributed by atoms with Gasteiger partial charge in [-0.25, -0.2) is 9.78 Å². The molecule has 0 radical (unpaired) electrons. The average Bonchev–Trinajstić information content (AvgIpc) is 3.84. The molecule has 6 amide bonds. The molecular formula is C37H53N11O10. The van der Waals surface area contributed by atoms with Crippen LogP contribution in [0.1, 0.15) is 63.6 Å². The lowest BCUT2D eigenvalue weighted by molar-refractivity contribution is -0.144. The number of nitrogens with one attached hydrogen (secondary N) is 7. The van der Waals surface area contributed by atoms with Crippen molar-refractivity contribution in [3.05, 3.63) is 54.2 Å². The Morgan fingerprint density at radius 2 is 1.38 bits per heavy atom. The van der Waals surface area contributed by atoms with Gasteiger partial charge >= 0.3 is 11.9 Å². The van der Waals surface area contributed by atoms with E-state index in [1.165, 1.54) is 12.5 Å². The number of primary amides is 1. The molecule has 0 bridgehead atoms. The summed E-state index contributed by atoms with van der Waals surface area (Å²) >= 11 is 0. The fraction of sp³-hybridized carbons (Fsp3) is 0.486. The molecule has 0 spiro atoms. The van der Waals surface area contributed by atoms with Gasteiger partial charge in [-0.15, -0.1) is 0 Å². The third-order valence-corrected chi connectivity index (χ3v) is 9.47. The van der Waals surface area contributed by atoms with Crippen molar-refractivity contribution in [2.75, 3.05) is 6.54 Å². The number of fused-ring (bicyclic) bond motifs is 1. The maximum Gasteiger partial charge on any atom is 0.326 e. The van der Waals surface area contributed by atoms with E-state index in [9.17, 15) is 48.6 Å². The number of hydrogen-bond acceptors (Lipinski definition) is 11. The molecule has 2 aromatic heterocycles. The maximum absolute atomic E-state index is 14.0. The van der Waals surface area contributed by atoms with Gasteiger partial charge in [0.1, 0.15) is 30.2 Å². The molecule has 2 heterocycles. The highest BCUT2D eigenvalue weighted by molar-refractivity contribution is 5.98. The summed E-state index contributed by atoms with van der Waals surface area (Å²) in [6.07, 6.45) is 3.86. The molecule has 0 saturated carbocycles. The number of carboxylic acid groups (broad SMARTS) is 2. The number of aromatic nitrogens is 3. The first-order chi connectivity index (χ1) is 27.5. The van der Waals surface area contributed by atoms with E-state index in [2.05, 4.69) is 41.5 Å². The van der Waals surface area contributed by atoms with E-state index < -0.39 is 102 Å². The van der Waals surface area contributed by atoms with Crippen LogP contribution < -0.4 is 43.8 Å². The van der Waals surface area contributed by atoms with Crippen LogP contribution in [0, 0.1) is 5.92 Å². The molecule has 0 aliphatic rings. The van der Waals surface area contributed by atoms with Gasteiger partial charge in [-0.05, 0) is 43.4 Å². The number of nitrogens with two attached hydrogens (primary N) is 3. The Labute approximate surface area is 333 Å². The SMILES string of the molecule is CCC(C)C(NC(=O)C(CC(N)=O)NC(=O)C(Cc1cnc[nH]1)NC(=O)C(CCCCN)NC(=O)C(Cc1c[nH]c2ccccc12)NC(=O)C(N)CC(=O)O)C(=O)O. The van der Waals surface area contributed by atoms with E-state index in [-0.39, 0.29) is 25.8 Å². The molecule has 1 aromatic carbocycles. The van der Waals surface area contributed by atoms with Crippen LogP contribution in [-0.2, 0) is 51.2 Å². The van der Waals surface area contributed by atoms with Crippen molar-refractivity contribution in [3.8, 4) is 0 Å². The monoisotopic (exact) mass is 811 g/mol. The third-order valence-electron chi connectivity index (χ3n) is 9.47. The van der Waals surface area contributed by atoms with Crippen LogP contribution in [0.25, 0.3) is 10.9 Å². The molecule has 58 heavy (non-hydrogen) atoms. The van der Waals surface area contributed by atoms with Crippen LogP contribution in [0.3, 0.4) is 0 Å². The van der Waals surface area contributed by atoms with Crippen LogP contribution in [0.5, 0.6) is 0 Å². The van der Waals surface area contributed by atoms with Crippen LogP contribution in [0.4, 0.5) is 0 Å². The lowest BCUT2D eigenvalue weighted by Crippen LogP contribution is -2.60. The summed E-state index contributed by atoms with van der Waals surface area (Å²) in [4.78, 5) is 113. The number of carbonyl (C=O) groups is 8. The Kier molecular flexibility index (Phi) is 17.8. The number of amides is 6. The van der Waals surface area contributed by atoms with Gasteiger partial charge in [0.2, 0.25) is 35.4 Å². The number of imidazole rings is 1. The topological polar surface area (TPSA) is 360 Å². The molecule has 316 valence electrons. The molecule has 0 fully saturated rings. The number of benzene rings is 1. The lowest BCUT2D eigenvalue weighted by Gasteiger charge is -2.27. The Hall–Kier alpha value is -6.35. The Bertz CT molecular complexity index is 1900. The first-order valence-corrected chi connectivity index (χ1v) is 18.8. The van der Waals surface area contributed by atoms with Gasteiger partial charge in [-0.3, -0.25) is 33.6 Å². The van der Waals surface area contributed by atoms with Crippen molar-refractivity contribution in [2.24, 2.45) is 23.1 Å². The van der Waals surface area contributed by atoms with E-state index >= 15 is 0 Å². The van der Waals surface area contributed by atoms with Crippen molar-refractivity contribution in [3.63, 3.8) is 0 Å². The van der Waals surface area contributed by atoms with Crippen molar-refractivity contribution in [1.82, 2.24) is 41.5 Å². The second-order valence-electron chi connectivity index (χ2n) is 14.0. The van der Waals surface area contributed by atoms with Gasteiger partial charge in [-0.2, -0.15) is 0 Å². The number of para-hydroxylation sites is 1. The highest BCUT2D eigenvalue weighted by atomic mass is 16.4. The summed E-state index contributed by atoms with van der Waals surface area (Å²) in [5.74, 6) is -8.69. The van der Waals surface area contributed by atoms with Gasteiger partial charge in [0.25, 0.3) is 0 Å². The summed E-state index contributed by atoms with van der Waals surface area (Å²) in [5.41, 5.74) is 18.6. The van der Waals surface area contributed by atoms with Crippen LogP contribution in [0.15, 0.2) is 43.0 Å². The number of hydrogen-bond donors (Lipinski definition) is 12. The Morgan fingerprint density at radius 3 is 1.98 bits per heavy atom. The Morgan fingerprint density at radius 1 is 0.776 bits per heavy atom. The summed E-state index contributed by atoms with van der Waals surface area (Å²) in [6, 6.07) is -1.38. The van der Waals surface area contributed by atoms with Gasteiger partial charge in [0.15, 0.2) is 0 Å². The van der Waals surface area contributed by atoms with Gasteiger partial charge in [-0.1, -0.05) is 38.5 Å². The van der Waals surface area contributed by atoms with Crippen molar-refractivity contribution >= 4 is 58.3 Å². The van der Waals surface area contributed by atoms with E-state index in [1.807, 2.05) is 6.07 Å². The smallest absolute Gasteiger partial charge is 0.326 e. The van der Waals surface area contributed by atoms with E-state index in [0.29, 0.717) is 30.5 Å². The molecule has 7 unspecified atom stereocenters. The minimum absolute atomic E-state index is 0.0261. The highest BCUT2D eigenvalue weighted by Crippen LogP contribution is 2.20.